The molecule has 0 aromatic heterocycles. The third-order valence-corrected chi connectivity index (χ3v) is 4.96. The number of benzene rings is 2. The van der Waals surface area contributed by atoms with Gasteiger partial charge in [-0.1, -0.05) is 35.5 Å². The summed E-state index contributed by atoms with van der Waals surface area (Å²) in [6.07, 6.45) is 3.29. The fourth-order valence-corrected chi connectivity index (χ4v) is 3.67. The Hall–Kier alpha value is -1.78. The highest BCUT2D eigenvalue weighted by Crippen LogP contribution is 2.37. The molecule has 0 fully saturated rings. The summed E-state index contributed by atoms with van der Waals surface area (Å²) >= 11 is 1.65. The molecule has 1 N–H and O–H groups in total. The molecule has 4 heteroatoms. The van der Waals surface area contributed by atoms with Crippen LogP contribution in [0.3, 0.4) is 0 Å². The van der Waals surface area contributed by atoms with Crippen LogP contribution in [-0.2, 0) is 0 Å². The minimum absolute atomic E-state index is 0.282. The van der Waals surface area contributed by atoms with Crippen molar-refractivity contribution in [2.45, 2.75) is 23.1 Å². The van der Waals surface area contributed by atoms with Gasteiger partial charge in [0.1, 0.15) is 0 Å². The standard InChI is InChI=1S/C19H20FNOS/c1-13-3-6-19(16(11-13)14-7-9-21-10-8-14)23-15-4-5-17(20)18(12-15)22-2/h3-7,11-12,21H,8-10H2,1-2H3. The van der Waals surface area contributed by atoms with Gasteiger partial charge in [0.25, 0.3) is 0 Å². The van der Waals surface area contributed by atoms with E-state index >= 15 is 0 Å². The maximum atomic E-state index is 13.6. The van der Waals surface area contributed by atoms with E-state index in [0.717, 1.165) is 24.4 Å². The second-order valence-electron chi connectivity index (χ2n) is 5.58. The minimum atomic E-state index is -0.331. The third kappa shape index (κ3) is 3.77. The highest BCUT2D eigenvalue weighted by molar-refractivity contribution is 7.99. The Morgan fingerprint density at radius 3 is 2.78 bits per heavy atom. The van der Waals surface area contributed by atoms with Gasteiger partial charge in [-0.3, -0.25) is 0 Å². The highest BCUT2D eigenvalue weighted by Gasteiger charge is 2.13. The Balaban J connectivity index is 1.95. The lowest BCUT2D eigenvalue weighted by molar-refractivity contribution is 0.385. The molecular formula is C19H20FNOS. The van der Waals surface area contributed by atoms with E-state index in [-0.39, 0.29) is 11.6 Å². The van der Waals surface area contributed by atoms with Crippen LogP contribution in [0, 0.1) is 12.7 Å². The van der Waals surface area contributed by atoms with Gasteiger partial charge in [0.2, 0.25) is 0 Å². The number of hydrogen-bond acceptors (Lipinski definition) is 3. The molecule has 2 aromatic rings. The number of ether oxygens (including phenoxy) is 1. The van der Waals surface area contributed by atoms with Crippen LogP contribution >= 0.6 is 11.8 Å². The first kappa shape index (κ1) is 16.1. The van der Waals surface area contributed by atoms with Gasteiger partial charge < -0.3 is 10.1 Å². The quantitative estimate of drug-likeness (QED) is 0.881. The maximum Gasteiger partial charge on any atom is 0.165 e. The molecule has 120 valence electrons. The summed E-state index contributed by atoms with van der Waals surface area (Å²) in [5.74, 6) is -0.0493. The van der Waals surface area contributed by atoms with Gasteiger partial charge in [-0.25, -0.2) is 4.39 Å². The average molecular weight is 329 g/mol. The average Bonchev–Trinajstić information content (AvgIpc) is 2.59. The van der Waals surface area contributed by atoms with Crippen molar-refractivity contribution in [1.82, 2.24) is 5.32 Å². The molecule has 0 unspecified atom stereocenters. The summed E-state index contributed by atoms with van der Waals surface area (Å²) in [4.78, 5) is 2.17. The number of halogens is 1. The zero-order valence-corrected chi connectivity index (χ0v) is 14.2. The largest absolute Gasteiger partial charge is 0.494 e. The minimum Gasteiger partial charge on any atom is -0.494 e. The zero-order chi connectivity index (χ0) is 16.2. The predicted octanol–water partition coefficient (Wildman–Crippen LogP) is 4.67. The molecule has 0 spiro atoms. The molecule has 0 aliphatic carbocycles. The van der Waals surface area contributed by atoms with Crippen molar-refractivity contribution in [2.24, 2.45) is 0 Å². The normalized spacial score (nSPS) is 14.5. The van der Waals surface area contributed by atoms with Gasteiger partial charge in [-0.15, -0.1) is 0 Å². The molecule has 1 aliphatic heterocycles. The summed E-state index contributed by atoms with van der Waals surface area (Å²) < 4.78 is 18.7. The first-order valence-electron chi connectivity index (χ1n) is 7.69. The van der Waals surface area contributed by atoms with E-state index in [2.05, 4.69) is 36.5 Å². The van der Waals surface area contributed by atoms with E-state index in [4.69, 9.17) is 4.74 Å². The smallest absolute Gasteiger partial charge is 0.165 e. The molecule has 3 rings (SSSR count). The summed E-state index contributed by atoms with van der Waals surface area (Å²) in [6.45, 7) is 4.03. The van der Waals surface area contributed by atoms with Crippen molar-refractivity contribution in [1.29, 1.82) is 0 Å². The van der Waals surface area contributed by atoms with E-state index in [1.807, 2.05) is 0 Å². The fraction of sp³-hybridized carbons (Fsp3) is 0.263. The number of methoxy groups -OCH3 is 1. The summed E-state index contributed by atoms with van der Waals surface area (Å²) in [6, 6.07) is 11.5. The van der Waals surface area contributed by atoms with Gasteiger partial charge in [-0.2, -0.15) is 0 Å². The number of nitrogens with one attached hydrogen (secondary N) is 1. The second-order valence-corrected chi connectivity index (χ2v) is 6.70. The van der Waals surface area contributed by atoms with E-state index in [9.17, 15) is 4.39 Å². The van der Waals surface area contributed by atoms with Crippen LogP contribution in [0.15, 0.2) is 52.3 Å². The second kappa shape index (κ2) is 7.20. The van der Waals surface area contributed by atoms with Crippen LogP contribution in [0.1, 0.15) is 17.5 Å². The molecule has 2 aromatic carbocycles. The van der Waals surface area contributed by atoms with Crippen molar-refractivity contribution < 1.29 is 9.13 Å². The lowest BCUT2D eigenvalue weighted by atomic mass is 9.99. The van der Waals surface area contributed by atoms with Crippen molar-refractivity contribution in [3.63, 3.8) is 0 Å². The van der Waals surface area contributed by atoms with Gasteiger partial charge in [0, 0.05) is 16.3 Å². The zero-order valence-electron chi connectivity index (χ0n) is 13.4. The van der Waals surface area contributed by atoms with Crippen LogP contribution in [0.25, 0.3) is 5.57 Å². The highest BCUT2D eigenvalue weighted by atomic mass is 32.2. The first-order chi connectivity index (χ1) is 11.2. The molecule has 0 saturated carbocycles. The Morgan fingerprint density at radius 1 is 1.17 bits per heavy atom. The summed E-state index contributed by atoms with van der Waals surface area (Å²) in [5, 5.41) is 3.35. The molecule has 0 amide bonds. The maximum absolute atomic E-state index is 13.6. The fourth-order valence-electron chi connectivity index (χ4n) is 2.68. The Bertz CT molecular complexity index is 742. The van der Waals surface area contributed by atoms with Crippen molar-refractivity contribution in [2.75, 3.05) is 20.2 Å². The Labute approximate surface area is 140 Å². The van der Waals surface area contributed by atoms with E-state index in [1.165, 1.54) is 34.8 Å². The van der Waals surface area contributed by atoms with Crippen LogP contribution < -0.4 is 10.1 Å². The number of aryl methyl sites for hydroxylation is 1. The molecule has 1 heterocycles. The van der Waals surface area contributed by atoms with Gasteiger partial charge in [-0.05, 0) is 55.3 Å². The number of rotatable bonds is 4. The van der Waals surface area contributed by atoms with E-state index < -0.39 is 0 Å². The molecule has 1 aliphatic rings. The van der Waals surface area contributed by atoms with E-state index in [0.29, 0.717) is 0 Å². The van der Waals surface area contributed by atoms with Gasteiger partial charge in [0.05, 0.1) is 7.11 Å². The van der Waals surface area contributed by atoms with Crippen molar-refractivity contribution >= 4 is 17.3 Å². The molecule has 2 nitrogen and oxygen atoms in total. The van der Waals surface area contributed by atoms with Crippen LogP contribution in [0.4, 0.5) is 4.39 Å². The van der Waals surface area contributed by atoms with Crippen LogP contribution in [-0.4, -0.2) is 20.2 Å². The number of hydrogen-bond donors (Lipinski definition) is 1. The predicted molar refractivity (Wildman–Crippen MR) is 93.7 cm³/mol. The van der Waals surface area contributed by atoms with Crippen LogP contribution in [0.5, 0.6) is 5.75 Å². The van der Waals surface area contributed by atoms with E-state index in [1.54, 1.807) is 23.9 Å². The molecule has 0 bridgehead atoms. The topological polar surface area (TPSA) is 21.3 Å². The van der Waals surface area contributed by atoms with Crippen LogP contribution in [0.2, 0.25) is 0 Å². The third-order valence-electron chi connectivity index (χ3n) is 3.90. The summed E-state index contributed by atoms with van der Waals surface area (Å²) in [7, 11) is 1.49. The Kier molecular flexibility index (Phi) is 5.03. The van der Waals surface area contributed by atoms with Crippen molar-refractivity contribution in [3.05, 3.63) is 59.4 Å². The molecule has 0 radical (unpaired) electrons. The first-order valence-corrected chi connectivity index (χ1v) is 8.51. The monoisotopic (exact) mass is 329 g/mol. The molecule has 0 saturated heterocycles. The lowest BCUT2D eigenvalue weighted by Crippen LogP contribution is -2.20. The summed E-state index contributed by atoms with van der Waals surface area (Å²) in [5.41, 5.74) is 3.91. The van der Waals surface area contributed by atoms with Gasteiger partial charge in [0.15, 0.2) is 11.6 Å². The molecule has 23 heavy (non-hydrogen) atoms. The Morgan fingerprint density at radius 2 is 2.04 bits per heavy atom. The molecule has 0 atom stereocenters. The SMILES string of the molecule is COc1cc(Sc2ccc(C)cc2C2=CCNCC2)ccc1F. The molecular weight excluding hydrogens is 309 g/mol. The van der Waals surface area contributed by atoms with Crippen molar-refractivity contribution in [3.8, 4) is 5.75 Å². The van der Waals surface area contributed by atoms with Gasteiger partial charge >= 0.3 is 0 Å². The lowest BCUT2D eigenvalue weighted by Gasteiger charge is -2.18.